The van der Waals surface area contributed by atoms with E-state index < -0.39 is 11.7 Å². The molecule has 0 spiro atoms. The number of nitrogens with one attached hydrogen (secondary N) is 1. The third-order valence-electron chi connectivity index (χ3n) is 5.30. The summed E-state index contributed by atoms with van der Waals surface area (Å²) in [7, 11) is 0. The summed E-state index contributed by atoms with van der Waals surface area (Å²) < 4.78 is 13.0. The Morgan fingerprint density at radius 1 is 1.23 bits per heavy atom. The highest BCUT2D eigenvalue weighted by Gasteiger charge is 2.30. The number of unbranched alkanes of at least 4 members (excludes halogenated alkanes) is 1. The van der Waals surface area contributed by atoms with Crippen LogP contribution in [0.15, 0.2) is 36.5 Å². The Morgan fingerprint density at radius 2 is 1.94 bits per heavy atom. The second-order valence-corrected chi connectivity index (χ2v) is 9.10. The van der Waals surface area contributed by atoms with Crippen LogP contribution in [0.3, 0.4) is 0 Å². The van der Waals surface area contributed by atoms with Gasteiger partial charge in [0.1, 0.15) is 28.8 Å². The third kappa shape index (κ3) is 5.84. The van der Waals surface area contributed by atoms with Gasteiger partial charge in [-0.3, -0.25) is 0 Å². The second-order valence-electron chi connectivity index (χ2n) is 9.10. The lowest BCUT2D eigenvalue weighted by Crippen LogP contribution is -2.35. The van der Waals surface area contributed by atoms with Crippen LogP contribution in [-0.4, -0.2) is 41.0 Å². The topological polar surface area (TPSA) is 118 Å². The van der Waals surface area contributed by atoms with Crippen molar-refractivity contribution in [1.82, 2.24) is 9.61 Å². The van der Waals surface area contributed by atoms with Gasteiger partial charge >= 0.3 is 6.09 Å². The van der Waals surface area contributed by atoms with E-state index in [0.29, 0.717) is 59.3 Å². The van der Waals surface area contributed by atoms with Gasteiger partial charge in [-0.1, -0.05) is 0 Å². The highest BCUT2D eigenvalue weighted by atomic mass is 16.6. The number of hydrogen-bond acceptors (Lipinski definition) is 7. The molecule has 0 aliphatic rings. The number of nitrogens with two attached hydrogens (primary N) is 1. The second kappa shape index (κ2) is 11.1. The molecule has 9 heteroatoms. The number of amides is 1. The number of nitriles is 1. The van der Waals surface area contributed by atoms with Crippen LogP contribution in [0, 0.1) is 18.3 Å². The quantitative estimate of drug-likeness (QED) is 0.409. The zero-order chi connectivity index (χ0) is 25.6. The molecule has 0 aliphatic carbocycles. The van der Waals surface area contributed by atoms with Gasteiger partial charge in [0.05, 0.1) is 29.7 Å². The lowest BCUT2D eigenvalue weighted by atomic mass is 10.1. The first-order valence-corrected chi connectivity index (χ1v) is 11.8. The Balaban J connectivity index is 2.22. The molecule has 0 radical (unpaired) electrons. The lowest BCUT2D eigenvalue weighted by Gasteiger charge is -2.30. The van der Waals surface area contributed by atoms with Crippen LogP contribution in [0.4, 0.5) is 22.0 Å². The van der Waals surface area contributed by atoms with E-state index in [9.17, 15) is 10.1 Å². The number of hydrogen-bond donors (Lipinski definition) is 2. The van der Waals surface area contributed by atoms with E-state index in [1.165, 1.54) is 4.90 Å². The summed E-state index contributed by atoms with van der Waals surface area (Å²) in [5, 5.41) is 17.8. The van der Waals surface area contributed by atoms with Crippen molar-refractivity contribution in [3.63, 3.8) is 0 Å². The molecule has 35 heavy (non-hydrogen) atoms. The smallest absolute Gasteiger partial charge is 0.420 e. The Bertz CT molecular complexity index is 1210. The van der Waals surface area contributed by atoms with Gasteiger partial charge in [-0.2, -0.15) is 10.4 Å². The standard InChI is InChI=1S/C26H34N6O3/c1-6-34-20-11-9-19(10-12-20)31(25(33)35-26(3,4)5)24-18(2)23(29-15-8-7-14-27)21(17-28)22-13-16-30-32(22)24/h9-13,16,29H,6-8,14-15,27H2,1-5H3. The molecule has 0 aliphatic heterocycles. The fourth-order valence-corrected chi connectivity index (χ4v) is 3.81. The average Bonchev–Trinajstić information content (AvgIpc) is 3.28. The van der Waals surface area contributed by atoms with Gasteiger partial charge < -0.3 is 20.5 Å². The van der Waals surface area contributed by atoms with E-state index in [2.05, 4.69) is 16.5 Å². The van der Waals surface area contributed by atoms with Crippen LogP contribution in [0.2, 0.25) is 0 Å². The molecular formula is C26H34N6O3. The Kier molecular flexibility index (Phi) is 8.20. The van der Waals surface area contributed by atoms with Crippen molar-refractivity contribution in [2.24, 2.45) is 5.73 Å². The van der Waals surface area contributed by atoms with Crippen molar-refractivity contribution in [1.29, 1.82) is 5.26 Å². The molecule has 9 nitrogen and oxygen atoms in total. The summed E-state index contributed by atoms with van der Waals surface area (Å²) in [6.07, 6.45) is 2.78. The maximum Gasteiger partial charge on any atom is 0.420 e. The normalized spacial score (nSPS) is 11.2. The van der Waals surface area contributed by atoms with Crippen molar-refractivity contribution >= 4 is 28.8 Å². The monoisotopic (exact) mass is 478 g/mol. The van der Waals surface area contributed by atoms with E-state index in [-0.39, 0.29) is 0 Å². The van der Waals surface area contributed by atoms with Gasteiger partial charge in [-0.15, -0.1) is 0 Å². The number of rotatable bonds is 9. The van der Waals surface area contributed by atoms with Crippen molar-refractivity contribution in [2.75, 3.05) is 29.9 Å². The Hall–Kier alpha value is -3.77. The molecule has 2 heterocycles. The summed E-state index contributed by atoms with van der Waals surface area (Å²) in [6, 6.07) is 11.3. The fraction of sp³-hybridized carbons (Fsp3) is 0.423. The average molecular weight is 479 g/mol. The Labute approximate surface area is 206 Å². The van der Waals surface area contributed by atoms with Gasteiger partial charge in [0.15, 0.2) is 0 Å². The molecule has 2 aromatic heterocycles. The first-order valence-electron chi connectivity index (χ1n) is 11.8. The molecule has 3 N–H and O–H groups in total. The molecule has 0 saturated heterocycles. The molecule has 0 atom stereocenters. The molecule has 0 saturated carbocycles. The minimum absolute atomic E-state index is 0.465. The van der Waals surface area contributed by atoms with Crippen LogP contribution in [0.5, 0.6) is 5.75 Å². The minimum atomic E-state index is -0.715. The number of anilines is 3. The number of pyridine rings is 1. The van der Waals surface area contributed by atoms with E-state index >= 15 is 0 Å². The molecule has 1 amide bonds. The summed E-state index contributed by atoms with van der Waals surface area (Å²) >= 11 is 0. The molecule has 3 aromatic rings. The molecule has 0 bridgehead atoms. The van der Waals surface area contributed by atoms with Crippen molar-refractivity contribution < 1.29 is 14.3 Å². The van der Waals surface area contributed by atoms with Crippen LogP contribution in [0.25, 0.3) is 5.52 Å². The molecule has 1 aromatic carbocycles. The molecular weight excluding hydrogens is 444 g/mol. The number of aromatic nitrogens is 2. The van der Waals surface area contributed by atoms with Gasteiger partial charge in [0.25, 0.3) is 0 Å². The van der Waals surface area contributed by atoms with E-state index in [1.54, 1.807) is 41.0 Å². The van der Waals surface area contributed by atoms with Gasteiger partial charge in [0.2, 0.25) is 0 Å². The van der Waals surface area contributed by atoms with Gasteiger partial charge in [-0.25, -0.2) is 14.2 Å². The maximum atomic E-state index is 13.6. The first-order chi connectivity index (χ1) is 16.7. The van der Waals surface area contributed by atoms with Crippen LogP contribution in [0.1, 0.15) is 51.7 Å². The largest absolute Gasteiger partial charge is 0.494 e. The van der Waals surface area contributed by atoms with Gasteiger partial charge in [-0.05, 0) is 84.3 Å². The zero-order valence-corrected chi connectivity index (χ0v) is 21.1. The highest BCUT2D eigenvalue weighted by molar-refractivity contribution is 5.98. The van der Waals surface area contributed by atoms with Crippen molar-refractivity contribution in [2.45, 2.75) is 53.1 Å². The number of carbonyl (C=O) groups is 1. The number of fused-ring (bicyclic) bond motifs is 1. The SMILES string of the molecule is CCOc1ccc(N(C(=O)OC(C)(C)C)c2c(C)c(NCCCCN)c(C#N)c3ccnn23)cc1. The van der Waals surface area contributed by atoms with Gasteiger partial charge in [0, 0.05) is 12.1 Å². The van der Waals surface area contributed by atoms with E-state index in [0.717, 1.165) is 12.8 Å². The zero-order valence-electron chi connectivity index (χ0n) is 21.1. The highest BCUT2D eigenvalue weighted by Crippen LogP contribution is 2.38. The van der Waals surface area contributed by atoms with Crippen molar-refractivity contribution in [3.8, 4) is 11.8 Å². The molecule has 0 fully saturated rings. The Morgan fingerprint density at radius 3 is 2.54 bits per heavy atom. The van der Waals surface area contributed by atoms with E-state index in [1.807, 2.05) is 34.6 Å². The number of benzene rings is 1. The summed E-state index contributed by atoms with van der Waals surface area (Å²) in [5.74, 6) is 1.19. The molecule has 0 unspecified atom stereocenters. The number of carbonyl (C=O) groups excluding carboxylic acids is 1. The van der Waals surface area contributed by atoms with Crippen LogP contribution in [-0.2, 0) is 4.74 Å². The first kappa shape index (κ1) is 25.8. The van der Waals surface area contributed by atoms with Crippen LogP contribution < -0.4 is 20.7 Å². The summed E-state index contributed by atoms with van der Waals surface area (Å²) in [6.45, 7) is 11.0. The van der Waals surface area contributed by atoms with E-state index in [4.69, 9.17) is 15.2 Å². The predicted molar refractivity (Wildman–Crippen MR) is 137 cm³/mol. The van der Waals surface area contributed by atoms with Crippen molar-refractivity contribution in [3.05, 3.63) is 47.7 Å². The van der Waals surface area contributed by atoms with Crippen LogP contribution >= 0.6 is 0 Å². The molecule has 186 valence electrons. The number of ether oxygens (including phenoxy) is 2. The predicted octanol–water partition coefficient (Wildman–Crippen LogP) is 5.14. The fourth-order valence-electron chi connectivity index (χ4n) is 3.81. The lowest BCUT2D eigenvalue weighted by molar-refractivity contribution is 0.0597. The summed E-state index contributed by atoms with van der Waals surface area (Å²) in [4.78, 5) is 15.1. The maximum absolute atomic E-state index is 13.6. The minimum Gasteiger partial charge on any atom is -0.494 e. The third-order valence-corrected chi connectivity index (χ3v) is 5.30. The summed E-state index contributed by atoms with van der Waals surface area (Å²) in [5.41, 5.74) is 7.92. The molecule has 3 rings (SSSR count). The number of nitrogens with zero attached hydrogens (tertiary/aromatic N) is 4.